The molecule has 130 valence electrons. The fourth-order valence-corrected chi connectivity index (χ4v) is 2.98. The molecule has 1 aliphatic rings. The van der Waals surface area contributed by atoms with E-state index in [-0.39, 0.29) is 24.2 Å². The number of rotatable bonds is 5. The van der Waals surface area contributed by atoms with E-state index in [1.54, 1.807) is 36.4 Å². The van der Waals surface area contributed by atoms with Crippen molar-refractivity contribution in [1.29, 1.82) is 0 Å². The van der Waals surface area contributed by atoms with Crippen LogP contribution in [0.4, 0.5) is 10.1 Å². The van der Waals surface area contributed by atoms with E-state index >= 15 is 0 Å². The highest BCUT2D eigenvalue weighted by atomic mass is 19.1. The smallest absolute Gasteiger partial charge is 0.254 e. The summed E-state index contributed by atoms with van der Waals surface area (Å²) in [6.45, 7) is 3.83. The van der Waals surface area contributed by atoms with Crippen molar-refractivity contribution in [2.75, 3.05) is 11.5 Å². The van der Waals surface area contributed by atoms with Gasteiger partial charge in [0.15, 0.2) is 0 Å². The van der Waals surface area contributed by atoms with Crippen LogP contribution in [0.3, 0.4) is 0 Å². The third-order valence-electron chi connectivity index (χ3n) is 4.06. The molecule has 2 amide bonds. The molecular weight excluding hydrogens is 323 g/mol. The Kier molecular flexibility index (Phi) is 4.70. The van der Waals surface area contributed by atoms with Crippen LogP contribution in [0.25, 0.3) is 0 Å². The lowest BCUT2D eigenvalue weighted by atomic mass is 10.1. The van der Waals surface area contributed by atoms with Crippen LogP contribution in [0.1, 0.15) is 31.0 Å². The molecular formula is C19H19FN2O3. The molecule has 6 heteroatoms. The Morgan fingerprint density at radius 3 is 2.72 bits per heavy atom. The van der Waals surface area contributed by atoms with E-state index in [1.165, 1.54) is 17.9 Å². The number of hydrogen-bond donors (Lipinski definition) is 1. The minimum Gasteiger partial charge on any atom is -0.494 e. The van der Waals surface area contributed by atoms with Crippen LogP contribution in [0.15, 0.2) is 42.5 Å². The van der Waals surface area contributed by atoms with Crippen molar-refractivity contribution >= 4 is 17.5 Å². The van der Waals surface area contributed by atoms with E-state index in [9.17, 15) is 14.0 Å². The summed E-state index contributed by atoms with van der Waals surface area (Å²) in [5.41, 5.74) is 1.72. The van der Waals surface area contributed by atoms with Gasteiger partial charge in [0.2, 0.25) is 5.91 Å². The Bertz CT molecular complexity index is 822. The molecule has 2 aromatic rings. The predicted octanol–water partition coefficient (Wildman–Crippen LogP) is 2.95. The van der Waals surface area contributed by atoms with Gasteiger partial charge in [0.05, 0.1) is 18.8 Å². The van der Waals surface area contributed by atoms with Crippen LogP contribution in [-0.2, 0) is 16.1 Å². The Balaban J connectivity index is 1.99. The van der Waals surface area contributed by atoms with Crippen LogP contribution in [0.5, 0.6) is 5.75 Å². The summed E-state index contributed by atoms with van der Waals surface area (Å²) in [4.78, 5) is 25.8. The fraction of sp³-hybridized carbons (Fsp3) is 0.263. The first-order chi connectivity index (χ1) is 12.0. The maximum Gasteiger partial charge on any atom is 0.254 e. The zero-order valence-corrected chi connectivity index (χ0v) is 14.1. The molecule has 3 rings (SSSR count). The average molecular weight is 342 g/mol. The second kappa shape index (κ2) is 6.93. The first-order valence-corrected chi connectivity index (χ1v) is 8.10. The maximum atomic E-state index is 14.0. The molecule has 1 N–H and O–H groups in total. The minimum absolute atomic E-state index is 0.0998. The maximum absolute atomic E-state index is 14.0. The number of nitrogens with zero attached hydrogens (tertiary/aromatic N) is 1. The number of carbonyl (C=O) groups is 2. The summed E-state index contributed by atoms with van der Waals surface area (Å²) in [7, 11) is 0. The first kappa shape index (κ1) is 17.0. The van der Waals surface area contributed by atoms with Gasteiger partial charge in [-0.2, -0.15) is 0 Å². The van der Waals surface area contributed by atoms with Gasteiger partial charge in [0, 0.05) is 18.1 Å². The summed E-state index contributed by atoms with van der Waals surface area (Å²) in [5.74, 6) is -0.344. The molecule has 2 aromatic carbocycles. The summed E-state index contributed by atoms with van der Waals surface area (Å²) in [6.07, 6.45) is 0. The Hall–Kier alpha value is -2.89. The third kappa shape index (κ3) is 3.33. The standard InChI is InChI=1S/C19H19FN2O3/c1-3-25-14-8-9-17-15(10-14)18(21-12(2)23)19(24)22(17)11-13-6-4-5-7-16(13)20/h4-10,18H,3,11H2,1-2H3,(H,21,23)/t18-/m1/s1. The molecule has 0 saturated carbocycles. The van der Waals surface area contributed by atoms with Crippen molar-refractivity contribution in [1.82, 2.24) is 5.32 Å². The number of carbonyl (C=O) groups excluding carboxylic acids is 2. The summed E-state index contributed by atoms with van der Waals surface area (Å²) in [6, 6.07) is 10.8. The summed E-state index contributed by atoms with van der Waals surface area (Å²) >= 11 is 0. The molecule has 0 saturated heterocycles. The largest absolute Gasteiger partial charge is 0.494 e. The zero-order valence-electron chi connectivity index (χ0n) is 14.1. The van der Waals surface area contributed by atoms with Gasteiger partial charge in [0.1, 0.15) is 17.6 Å². The van der Waals surface area contributed by atoms with Crippen LogP contribution in [0.2, 0.25) is 0 Å². The highest BCUT2D eigenvalue weighted by Crippen LogP contribution is 2.39. The Morgan fingerprint density at radius 1 is 1.28 bits per heavy atom. The fourth-order valence-electron chi connectivity index (χ4n) is 2.98. The average Bonchev–Trinajstić information content (AvgIpc) is 2.82. The van der Waals surface area contributed by atoms with Gasteiger partial charge in [-0.15, -0.1) is 0 Å². The Morgan fingerprint density at radius 2 is 2.04 bits per heavy atom. The molecule has 0 spiro atoms. The molecule has 0 radical (unpaired) electrons. The van der Waals surface area contributed by atoms with E-state index in [4.69, 9.17) is 4.74 Å². The van der Waals surface area contributed by atoms with Crippen molar-refractivity contribution in [3.63, 3.8) is 0 Å². The predicted molar refractivity (Wildman–Crippen MR) is 91.8 cm³/mol. The van der Waals surface area contributed by atoms with Gasteiger partial charge < -0.3 is 15.0 Å². The van der Waals surface area contributed by atoms with Crippen LogP contribution < -0.4 is 15.0 Å². The van der Waals surface area contributed by atoms with Crippen molar-refractivity contribution in [3.8, 4) is 5.75 Å². The van der Waals surface area contributed by atoms with Gasteiger partial charge in [-0.05, 0) is 31.2 Å². The second-order valence-corrected chi connectivity index (χ2v) is 5.80. The molecule has 1 atom stereocenters. The Labute approximate surface area is 145 Å². The van der Waals surface area contributed by atoms with Crippen molar-refractivity contribution < 1.29 is 18.7 Å². The highest BCUT2D eigenvalue weighted by Gasteiger charge is 2.38. The first-order valence-electron chi connectivity index (χ1n) is 8.10. The van der Waals surface area contributed by atoms with Gasteiger partial charge in [-0.1, -0.05) is 18.2 Å². The molecule has 0 bridgehead atoms. The quantitative estimate of drug-likeness (QED) is 0.909. The van der Waals surface area contributed by atoms with Crippen LogP contribution in [0, 0.1) is 5.82 Å². The number of ether oxygens (including phenoxy) is 1. The molecule has 25 heavy (non-hydrogen) atoms. The van der Waals surface area contributed by atoms with Crippen molar-refractivity contribution in [3.05, 3.63) is 59.4 Å². The van der Waals surface area contributed by atoms with Gasteiger partial charge in [0.25, 0.3) is 5.91 Å². The zero-order chi connectivity index (χ0) is 18.0. The van der Waals surface area contributed by atoms with Gasteiger partial charge in [-0.25, -0.2) is 4.39 Å². The second-order valence-electron chi connectivity index (χ2n) is 5.80. The van der Waals surface area contributed by atoms with E-state index in [2.05, 4.69) is 5.32 Å². The van der Waals surface area contributed by atoms with Crippen LogP contribution in [-0.4, -0.2) is 18.4 Å². The van der Waals surface area contributed by atoms with Crippen molar-refractivity contribution in [2.45, 2.75) is 26.4 Å². The van der Waals surface area contributed by atoms with E-state index < -0.39 is 6.04 Å². The normalized spacial score (nSPS) is 15.9. The molecule has 0 aliphatic carbocycles. The van der Waals surface area contributed by atoms with Crippen LogP contribution >= 0.6 is 0 Å². The highest BCUT2D eigenvalue weighted by molar-refractivity contribution is 6.06. The lowest BCUT2D eigenvalue weighted by Gasteiger charge is -2.18. The third-order valence-corrected chi connectivity index (χ3v) is 4.06. The number of fused-ring (bicyclic) bond motifs is 1. The van der Waals surface area contributed by atoms with Gasteiger partial charge >= 0.3 is 0 Å². The number of anilines is 1. The molecule has 5 nitrogen and oxygen atoms in total. The molecule has 0 unspecified atom stereocenters. The van der Waals surface area contributed by atoms with E-state index in [1.807, 2.05) is 6.92 Å². The van der Waals surface area contributed by atoms with Crippen molar-refractivity contribution in [2.24, 2.45) is 0 Å². The number of hydrogen-bond acceptors (Lipinski definition) is 3. The monoisotopic (exact) mass is 342 g/mol. The lowest BCUT2D eigenvalue weighted by Crippen LogP contribution is -2.36. The molecule has 0 fully saturated rings. The van der Waals surface area contributed by atoms with Gasteiger partial charge in [-0.3, -0.25) is 9.59 Å². The number of benzene rings is 2. The topological polar surface area (TPSA) is 58.6 Å². The SMILES string of the molecule is CCOc1ccc2c(c1)[C@@H](NC(C)=O)C(=O)N2Cc1ccccc1F. The number of nitrogens with one attached hydrogen (secondary N) is 1. The van der Waals surface area contributed by atoms with E-state index in [0.717, 1.165) is 0 Å². The van der Waals surface area contributed by atoms with E-state index in [0.29, 0.717) is 29.2 Å². The molecule has 1 aliphatic heterocycles. The lowest BCUT2D eigenvalue weighted by molar-refractivity contribution is -0.126. The molecule has 0 aromatic heterocycles. The molecule has 1 heterocycles. The minimum atomic E-state index is -0.792. The summed E-state index contributed by atoms with van der Waals surface area (Å²) < 4.78 is 19.5. The number of halogens is 1. The number of amides is 2. The summed E-state index contributed by atoms with van der Waals surface area (Å²) in [5, 5.41) is 2.67.